The second-order valence-corrected chi connectivity index (χ2v) is 5.91. The van der Waals surface area contributed by atoms with Crippen LogP contribution in [0.3, 0.4) is 0 Å². The standard InChI is InChI=1S/C14H21ClIN/c1-3-5-6-14(17-9-4-2)12-10-11(15)7-8-13(12)16/h7-8,10,14,17H,3-6,9H2,1-2H3. The van der Waals surface area contributed by atoms with Crippen molar-refractivity contribution in [2.75, 3.05) is 6.54 Å². The normalized spacial score (nSPS) is 12.7. The lowest BCUT2D eigenvalue weighted by Crippen LogP contribution is -2.23. The Morgan fingerprint density at radius 1 is 1.29 bits per heavy atom. The van der Waals surface area contributed by atoms with Crippen molar-refractivity contribution in [3.05, 3.63) is 32.4 Å². The van der Waals surface area contributed by atoms with E-state index < -0.39 is 0 Å². The number of unbranched alkanes of at least 4 members (excludes halogenated alkanes) is 1. The van der Waals surface area contributed by atoms with Crippen LogP contribution in [0.1, 0.15) is 51.1 Å². The third-order valence-electron chi connectivity index (χ3n) is 2.82. The lowest BCUT2D eigenvalue weighted by Gasteiger charge is -2.20. The van der Waals surface area contributed by atoms with Crippen LogP contribution in [0.4, 0.5) is 0 Å². The first-order valence-corrected chi connectivity index (χ1v) is 7.83. The van der Waals surface area contributed by atoms with Crippen LogP contribution in [0.25, 0.3) is 0 Å². The van der Waals surface area contributed by atoms with Gasteiger partial charge in [-0.15, -0.1) is 0 Å². The highest BCUT2D eigenvalue weighted by Crippen LogP contribution is 2.27. The van der Waals surface area contributed by atoms with Gasteiger partial charge in [-0.05, 0) is 65.7 Å². The number of rotatable bonds is 7. The summed E-state index contributed by atoms with van der Waals surface area (Å²) in [6.45, 7) is 5.50. The van der Waals surface area contributed by atoms with Gasteiger partial charge in [-0.3, -0.25) is 0 Å². The minimum Gasteiger partial charge on any atom is -0.310 e. The molecule has 0 aliphatic carbocycles. The van der Waals surface area contributed by atoms with E-state index in [1.54, 1.807) is 0 Å². The summed E-state index contributed by atoms with van der Waals surface area (Å²) in [6, 6.07) is 6.61. The number of halogens is 2. The van der Waals surface area contributed by atoms with Gasteiger partial charge in [-0.1, -0.05) is 38.3 Å². The van der Waals surface area contributed by atoms with Gasteiger partial charge in [0, 0.05) is 14.6 Å². The highest BCUT2D eigenvalue weighted by atomic mass is 127. The Labute approximate surface area is 123 Å². The van der Waals surface area contributed by atoms with Gasteiger partial charge in [0.25, 0.3) is 0 Å². The monoisotopic (exact) mass is 365 g/mol. The Morgan fingerprint density at radius 3 is 2.71 bits per heavy atom. The third-order valence-corrected chi connectivity index (χ3v) is 4.04. The smallest absolute Gasteiger partial charge is 0.0410 e. The Morgan fingerprint density at radius 2 is 2.06 bits per heavy atom. The molecule has 0 aliphatic rings. The molecule has 0 aromatic heterocycles. The van der Waals surface area contributed by atoms with Gasteiger partial charge in [0.2, 0.25) is 0 Å². The maximum atomic E-state index is 6.10. The van der Waals surface area contributed by atoms with Crippen molar-refractivity contribution >= 4 is 34.2 Å². The SMILES string of the molecule is CCCCC(NCCC)c1cc(Cl)ccc1I. The summed E-state index contributed by atoms with van der Waals surface area (Å²) < 4.78 is 1.30. The van der Waals surface area contributed by atoms with Gasteiger partial charge in [-0.2, -0.15) is 0 Å². The molecule has 1 aromatic rings. The molecule has 96 valence electrons. The Balaban J connectivity index is 2.82. The van der Waals surface area contributed by atoms with Gasteiger partial charge in [-0.25, -0.2) is 0 Å². The van der Waals surface area contributed by atoms with Gasteiger partial charge >= 0.3 is 0 Å². The molecule has 0 amide bonds. The lowest BCUT2D eigenvalue weighted by atomic mass is 10.0. The van der Waals surface area contributed by atoms with Gasteiger partial charge in [0.15, 0.2) is 0 Å². The molecule has 17 heavy (non-hydrogen) atoms. The third kappa shape index (κ3) is 5.14. The fraction of sp³-hybridized carbons (Fsp3) is 0.571. The van der Waals surface area contributed by atoms with Crippen molar-refractivity contribution in [1.29, 1.82) is 0 Å². The fourth-order valence-electron chi connectivity index (χ4n) is 1.88. The largest absolute Gasteiger partial charge is 0.310 e. The summed E-state index contributed by atoms with van der Waals surface area (Å²) in [5, 5.41) is 4.46. The summed E-state index contributed by atoms with van der Waals surface area (Å²) in [4.78, 5) is 0. The van der Waals surface area contributed by atoms with E-state index in [1.807, 2.05) is 6.07 Å². The molecule has 0 fully saturated rings. The first-order chi connectivity index (χ1) is 8.19. The predicted molar refractivity (Wildman–Crippen MR) is 84.7 cm³/mol. The van der Waals surface area contributed by atoms with Crippen molar-refractivity contribution in [2.45, 2.75) is 45.6 Å². The highest BCUT2D eigenvalue weighted by molar-refractivity contribution is 14.1. The topological polar surface area (TPSA) is 12.0 Å². The van der Waals surface area contributed by atoms with E-state index in [0.29, 0.717) is 6.04 Å². The molecule has 0 heterocycles. The van der Waals surface area contributed by atoms with Crippen LogP contribution < -0.4 is 5.32 Å². The zero-order chi connectivity index (χ0) is 12.7. The van der Waals surface area contributed by atoms with Crippen molar-refractivity contribution in [2.24, 2.45) is 0 Å². The number of hydrogen-bond acceptors (Lipinski definition) is 1. The minimum atomic E-state index is 0.445. The average molecular weight is 366 g/mol. The summed E-state index contributed by atoms with van der Waals surface area (Å²) >= 11 is 8.49. The van der Waals surface area contributed by atoms with Crippen LogP contribution in [0.5, 0.6) is 0 Å². The highest BCUT2D eigenvalue weighted by Gasteiger charge is 2.13. The molecule has 1 nitrogen and oxygen atoms in total. The summed E-state index contributed by atoms with van der Waals surface area (Å²) in [6.07, 6.45) is 4.85. The minimum absolute atomic E-state index is 0.445. The Kier molecular flexibility index (Phi) is 7.47. The molecule has 0 radical (unpaired) electrons. The van der Waals surface area contributed by atoms with Gasteiger partial charge in [0.05, 0.1) is 0 Å². The molecule has 0 aliphatic heterocycles. The quantitative estimate of drug-likeness (QED) is 0.657. The fourth-order valence-corrected chi connectivity index (χ4v) is 2.77. The molecule has 0 spiro atoms. The van der Waals surface area contributed by atoms with E-state index >= 15 is 0 Å². The first kappa shape index (κ1) is 15.3. The zero-order valence-corrected chi connectivity index (χ0v) is 13.5. The molecule has 1 aromatic carbocycles. The van der Waals surface area contributed by atoms with E-state index in [9.17, 15) is 0 Å². The molecule has 1 atom stereocenters. The van der Waals surface area contributed by atoms with Crippen LogP contribution in [0, 0.1) is 3.57 Å². The molecular weight excluding hydrogens is 345 g/mol. The summed E-state index contributed by atoms with van der Waals surface area (Å²) in [7, 11) is 0. The first-order valence-electron chi connectivity index (χ1n) is 6.37. The molecule has 0 bridgehead atoms. The average Bonchev–Trinajstić information content (AvgIpc) is 2.33. The van der Waals surface area contributed by atoms with Crippen molar-refractivity contribution in [1.82, 2.24) is 5.32 Å². The predicted octanol–water partition coefficient (Wildman–Crippen LogP) is 5.18. The molecule has 0 saturated carbocycles. The van der Waals surface area contributed by atoms with Gasteiger partial charge in [0.1, 0.15) is 0 Å². The second kappa shape index (κ2) is 8.33. The number of benzene rings is 1. The van der Waals surface area contributed by atoms with E-state index in [1.165, 1.54) is 34.8 Å². The Hall–Kier alpha value is 0.200. The van der Waals surface area contributed by atoms with Crippen LogP contribution in [0.15, 0.2) is 18.2 Å². The summed E-state index contributed by atoms with van der Waals surface area (Å²) in [5.41, 5.74) is 1.35. The maximum absolute atomic E-state index is 6.10. The van der Waals surface area contributed by atoms with Crippen molar-refractivity contribution < 1.29 is 0 Å². The summed E-state index contributed by atoms with van der Waals surface area (Å²) in [5.74, 6) is 0. The maximum Gasteiger partial charge on any atom is 0.0410 e. The van der Waals surface area contributed by atoms with Crippen LogP contribution in [-0.2, 0) is 0 Å². The van der Waals surface area contributed by atoms with Gasteiger partial charge < -0.3 is 5.32 Å². The van der Waals surface area contributed by atoms with E-state index in [2.05, 4.69) is 53.9 Å². The van der Waals surface area contributed by atoms with Crippen LogP contribution in [0.2, 0.25) is 5.02 Å². The van der Waals surface area contributed by atoms with Crippen molar-refractivity contribution in [3.63, 3.8) is 0 Å². The van der Waals surface area contributed by atoms with E-state index in [0.717, 1.165) is 11.6 Å². The number of nitrogens with one attached hydrogen (secondary N) is 1. The van der Waals surface area contributed by atoms with E-state index in [-0.39, 0.29) is 0 Å². The molecule has 0 saturated heterocycles. The van der Waals surface area contributed by atoms with Crippen molar-refractivity contribution in [3.8, 4) is 0 Å². The molecule has 3 heteroatoms. The zero-order valence-electron chi connectivity index (χ0n) is 10.6. The molecule has 1 N–H and O–H groups in total. The lowest BCUT2D eigenvalue weighted by molar-refractivity contribution is 0.480. The second-order valence-electron chi connectivity index (χ2n) is 4.31. The Bertz CT molecular complexity index is 333. The van der Waals surface area contributed by atoms with Crippen LogP contribution in [-0.4, -0.2) is 6.54 Å². The van der Waals surface area contributed by atoms with E-state index in [4.69, 9.17) is 11.6 Å². The molecule has 1 rings (SSSR count). The van der Waals surface area contributed by atoms with Crippen LogP contribution >= 0.6 is 34.2 Å². The number of hydrogen-bond donors (Lipinski definition) is 1. The molecule has 1 unspecified atom stereocenters. The molecular formula is C14H21ClIN.